The largest absolute Gasteiger partial charge is 0.366 e. The number of hydrogen-bond acceptors (Lipinski definition) is 7. The zero-order valence-corrected chi connectivity index (χ0v) is 14.2. The Balaban J connectivity index is 1.87. The summed E-state index contributed by atoms with van der Waals surface area (Å²) in [4.78, 5) is 26.1. The van der Waals surface area contributed by atoms with E-state index in [-0.39, 0.29) is 18.3 Å². The fourth-order valence-electron chi connectivity index (χ4n) is 2.33. The molecular weight excluding hydrogens is 314 g/mol. The summed E-state index contributed by atoms with van der Waals surface area (Å²) >= 11 is 1.46. The molecular formula is C14H17N7OS. The van der Waals surface area contributed by atoms with Gasteiger partial charge in [0.1, 0.15) is 0 Å². The Hall–Kier alpha value is -2.55. The second kappa shape index (κ2) is 5.58. The number of nitrogens with zero attached hydrogens (tertiary/aromatic N) is 5. The molecule has 0 radical (unpaired) electrons. The fraction of sp³-hybridized carbons (Fsp3) is 0.357. The zero-order chi connectivity index (χ0) is 16.7. The second-order valence-electron chi connectivity index (χ2n) is 5.33. The van der Waals surface area contributed by atoms with Crippen LogP contribution in [0, 0.1) is 27.7 Å². The number of nitrogens with one attached hydrogen (secondary N) is 1. The lowest BCUT2D eigenvalue weighted by Gasteiger charge is -2.09. The van der Waals surface area contributed by atoms with Gasteiger partial charge in [0.15, 0.2) is 5.13 Å². The van der Waals surface area contributed by atoms with Gasteiger partial charge in [-0.15, -0.1) is 16.4 Å². The Kier molecular flexibility index (Phi) is 3.72. The highest BCUT2D eigenvalue weighted by molar-refractivity contribution is 7.15. The van der Waals surface area contributed by atoms with Crippen molar-refractivity contribution in [3.8, 4) is 0 Å². The molecule has 0 unspecified atom stereocenters. The van der Waals surface area contributed by atoms with Crippen LogP contribution in [0.15, 0.2) is 0 Å². The molecule has 0 saturated carbocycles. The van der Waals surface area contributed by atoms with Crippen molar-refractivity contribution < 1.29 is 4.79 Å². The number of aromatic nitrogens is 5. The summed E-state index contributed by atoms with van der Waals surface area (Å²) in [5.74, 6) is 0.461. The van der Waals surface area contributed by atoms with Crippen molar-refractivity contribution in [1.82, 2.24) is 24.6 Å². The average molecular weight is 331 g/mol. The Morgan fingerprint density at radius 3 is 2.57 bits per heavy atom. The Bertz CT molecular complexity index is 892. The van der Waals surface area contributed by atoms with E-state index >= 15 is 0 Å². The topological polar surface area (TPSA) is 111 Å². The number of rotatable bonds is 3. The summed E-state index contributed by atoms with van der Waals surface area (Å²) in [7, 11) is 0. The van der Waals surface area contributed by atoms with Crippen molar-refractivity contribution in [2.75, 3.05) is 11.1 Å². The SMILES string of the molecule is Cc1nc(NC(=O)Cc2c(C)nc3nc(N)nn3c2C)sc1C. The molecule has 3 aromatic rings. The van der Waals surface area contributed by atoms with E-state index in [1.54, 1.807) is 4.52 Å². The first-order valence-corrected chi connectivity index (χ1v) is 7.89. The fourth-order valence-corrected chi connectivity index (χ4v) is 3.16. The molecule has 3 heterocycles. The molecule has 3 N–H and O–H groups in total. The van der Waals surface area contributed by atoms with Crippen molar-refractivity contribution in [3.63, 3.8) is 0 Å². The van der Waals surface area contributed by atoms with Gasteiger partial charge in [-0.05, 0) is 27.7 Å². The van der Waals surface area contributed by atoms with E-state index < -0.39 is 0 Å². The van der Waals surface area contributed by atoms with Gasteiger partial charge in [0.2, 0.25) is 11.9 Å². The lowest BCUT2D eigenvalue weighted by atomic mass is 10.1. The molecule has 3 rings (SSSR count). The average Bonchev–Trinajstić information content (AvgIpc) is 2.97. The molecule has 0 aliphatic heterocycles. The normalized spacial score (nSPS) is 11.1. The maximum absolute atomic E-state index is 12.3. The predicted octanol–water partition coefficient (Wildman–Crippen LogP) is 1.58. The molecule has 9 heteroatoms. The van der Waals surface area contributed by atoms with Crippen molar-refractivity contribution >= 4 is 34.1 Å². The van der Waals surface area contributed by atoms with E-state index in [0.717, 1.165) is 27.5 Å². The molecule has 120 valence electrons. The third-order valence-corrected chi connectivity index (χ3v) is 4.67. The standard InChI is InChI=1S/C14H17N7OS/c1-6-9(4)23-14(17-6)18-11(22)5-10-7(2)16-13-19-12(15)20-21(13)8(10)3/h5H2,1-4H3,(H2,15,20)(H,17,18,22). The van der Waals surface area contributed by atoms with Crippen LogP contribution in [0.3, 0.4) is 0 Å². The molecule has 0 aromatic carbocycles. The van der Waals surface area contributed by atoms with Crippen LogP contribution in [0.1, 0.15) is 27.5 Å². The maximum atomic E-state index is 12.3. The number of aryl methyl sites for hydroxylation is 4. The molecule has 8 nitrogen and oxygen atoms in total. The molecule has 0 fully saturated rings. The lowest BCUT2D eigenvalue weighted by Crippen LogP contribution is -2.17. The number of amides is 1. The second-order valence-corrected chi connectivity index (χ2v) is 6.53. The third-order valence-electron chi connectivity index (χ3n) is 3.68. The van der Waals surface area contributed by atoms with Gasteiger partial charge in [0.05, 0.1) is 12.1 Å². The van der Waals surface area contributed by atoms with E-state index in [0.29, 0.717) is 10.9 Å². The highest BCUT2D eigenvalue weighted by atomic mass is 32.1. The van der Waals surface area contributed by atoms with Crippen LogP contribution in [0.2, 0.25) is 0 Å². The first-order chi connectivity index (χ1) is 10.8. The predicted molar refractivity (Wildman–Crippen MR) is 88.6 cm³/mol. The maximum Gasteiger partial charge on any atom is 0.254 e. The van der Waals surface area contributed by atoms with Gasteiger partial charge in [-0.1, -0.05) is 0 Å². The van der Waals surface area contributed by atoms with E-state index in [1.807, 2.05) is 27.7 Å². The highest BCUT2D eigenvalue weighted by Crippen LogP contribution is 2.22. The van der Waals surface area contributed by atoms with E-state index in [9.17, 15) is 4.79 Å². The third kappa shape index (κ3) is 2.87. The quantitative estimate of drug-likeness (QED) is 0.753. The van der Waals surface area contributed by atoms with E-state index in [2.05, 4.69) is 25.4 Å². The summed E-state index contributed by atoms with van der Waals surface area (Å²) in [5.41, 5.74) is 8.89. The molecule has 1 amide bonds. The summed E-state index contributed by atoms with van der Waals surface area (Å²) in [6.45, 7) is 7.61. The van der Waals surface area contributed by atoms with E-state index in [4.69, 9.17) is 5.73 Å². The van der Waals surface area contributed by atoms with Gasteiger partial charge >= 0.3 is 0 Å². The number of anilines is 2. The lowest BCUT2D eigenvalue weighted by molar-refractivity contribution is -0.115. The minimum atomic E-state index is -0.140. The summed E-state index contributed by atoms with van der Waals surface area (Å²) < 4.78 is 1.56. The van der Waals surface area contributed by atoms with Crippen molar-refractivity contribution in [3.05, 3.63) is 27.5 Å². The van der Waals surface area contributed by atoms with Crippen molar-refractivity contribution in [1.29, 1.82) is 0 Å². The molecule has 0 saturated heterocycles. The van der Waals surface area contributed by atoms with Crippen LogP contribution in [0.25, 0.3) is 5.78 Å². The van der Waals surface area contributed by atoms with Crippen LogP contribution in [-0.2, 0) is 11.2 Å². The summed E-state index contributed by atoms with van der Waals surface area (Å²) in [6, 6.07) is 0. The van der Waals surface area contributed by atoms with Crippen molar-refractivity contribution in [2.24, 2.45) is 0 Å². The van der Waals surface area contributed by atoms with Gasteiger partial charge in [-0.25, -0.2) is 9.97 Å². The number of fused-ring (bicyclic) bond motifs is 1. The summed E-state index contributed by atoms with van der Waals surface area (Å²) in [5, 5.41) is 7.54. The molecule has 3 aromatic heterocycles. The van der Waals surface area contributed by atoms with Gasteiger partial charge in [-0.3, -0.25) is 4.79 Å². The van der Waals surface area contributed by atoms with Crippen LogP contribution >= 0.6 is 11.3 Å². The molecule has 0 bridgehead atoms. The van der Waals surface area contributed by atoms with Gasteiger partial charge in [-0.2, -0.15) is 9.50 Å². The number of carbonyl (C=O) groups is 1. The smallest absolute Gasteiger partial charge is 0.254 e. The van der Waals surface area contributed by atoms with Crippen LogP contribution < -0.4 is 11.1 Å². The van der Waals surface area contributed by atoms with Crippen LogP contribution in [0.5, 0.6) is 0 Å². The number of carbonyl (C=O) groups excluding carboxylic acids is 1. The molecule has 23 heavy (non-hydrogen) atoms. The minimum absolute atomic E-state index is 0.140. The first-order valence-electron chi connectivity index (χ1n) is 7.07. The molecule has 0 spiro atoms. The number of nitrogens with two attached hydrogens (primary N) is 1. The van der Waals surface area contributed by atoms with Gasteiger partial charge in [0.25, 0.3) is 5.78 Å². The molecule has 0 atom stereocenters. The Morgan fingerprint density at radius 1 is 1.17 bits per heavy atom. The highest BCUT2D eigenvalue weighted by Gasteiger charge is 2.16. The number of hydrogen-bond donors (Lipinski definition) is 2. The number of thiazole rings is 1. The molecule has 0 aliphatic rings. The Morgan fingerprint density at radius 2 is 1.91 bits per heavy atom. The monoisotopic (exact) mass is 331 g/mol. The zero-order valence-electron chi connectivity index (χ0n) is 13.3. The Labute approximate surface area is 136 Å². The minimum Gasteiger partial charge on any atom is -0.366 e. The van der Waals surface area contributed by atoms with Crippen LogP contribution in [0.4, 0.5) is 11.1 Å². The first kappa shape index (κ1) is 15.3. The van der Waals surface area contributed by atoms with E-state index in [1.165, 1.54) is 11.3 Å². The number of nitrogen functional groups attached to an aromatic ring is 1. The van der Waals surface area contributed by atoms with Gasteiger partial charge in [0, 0.05) is 21.8 Å². The van der Waals surface area contributed by atoms with Gasteiger partial charge < -0.3 is 11.1 Å². The summed E-state index contributed by atoms with van der Waals surface area (Å²) in [6.07, 6.45) is 0.193. The molecule has 0 aliphatic carbocycles. The van der Waals surface area contributed by atoms with Crippen LogP contribution in [-0.4, -0.2) is 30.5 Å². The van der Waals surface area contributed by atoms with Crippen molar-refractivity contribution in [2.45, 2.75) is 34.1 Å².